The van der Waals surface area contributed by atoms with Crippen LogP contribution in [0.15, 0.2) is 23.1 Å². The number of primary amides is 1. The van der Waals surface area contributed by atoms with Gasteiger partial charge >= 0.3 is 0 Å². The summed E-state index contributed by atoms with van der Waals surface area (Å²) in [6, 6.07) is 3.24. The average molecular weight is 418 g/mol. The summed E-state index contributed by atoms with van der Waals surface area (Å²) >= 11 is 0. The first-order valence-electron chi connectivity index (χ1n) is 10.8. The van der Waals surface area contributed by atoms with Crippen molar-refractivity contribution < 1.29 is 13.6 Å². The first kappa shape index (κ1) is 20.9. The molecule has 2 heterocycles. The summed E-state index contributed by atoms with van der Waals surface area (Å²) < 4.78 is 27.5. The van der Waals surface area contributed by atoms with Crippen LogP contribution in [0.3, 0.4) is 0 Å². The number of halogens is 2. The second-order valence-corrected chi connectivity index (χ2v) is 9.91. The normalized spacial score (nSPS) is 26.5. The molecule has 2 aliphatic rings. The smallest absolute Gasteiger partial charge is 0.268 e. The fourth-order valence-corrected chi connectivity index (χ4v) is 5.62. The summed E-state index contributed by atoms with van der Waals surface area (Å²) in [5.74, 6) is -2.70. The van der Waals surface area contributed by atoms with Gasteiger partial charge in [0.25, 0.3) is 5.91 Å². The molecule has 0 saturated heterocycles. The Balaban J connectivity index is 1.73. The first-order chi connectivity index (χ1) is 14.1. The third-order valence-electron chi connectivity index (χ3n) is 7.20. The number of pyridine rings is 2. The maximum atomic E-state index is 13.8. The molecule has 30 heavy (non-hydrogen) atoms. The molecule has 0 aliphatic heterocycles. The van der Waals surface area contributed by atoms with Crippen LogP contribution in [0.25, 0.3) is 10.9 Å². The van der Waals surface area contributed by atoms with Gasteiger partial charge in [-0.05, 0) is 55.4 Å². The van der Waals surface area contributed by atoms with E-state index in [4.69, 9.17) is 5.73 Å². The number of H-pyrrole nitrogens is 1. The number of hydrogen-bond acceptors (Lipinski definition) is 3. The number of carbonyl (C=O) groups excluding carboxylic acids is 1. The third kappa shape index (κ3) is 3.98. The van der Waals surface area contributed by atoms with Crippen LogP contribution in [-0.4, -0.2) is 21.8 Å². The molecule has 2 atom stereocenters. The van der Waals surface area contributed by atoms with Gasteiger partial charge in [0.05, 0.1) is 10.9 Å². The number of nitrogens with one attached hydrogen (secondary N) is 1. The lowest BCUT2D eigenvalue weighted by atomic mass is 9.60. The molecule has 0 radical (unpaired) electrons. The zero-order valence-corrected chi connectivity index (χ0v) is 17.5. The summed E-state index contributed by atoms with van der Waals surface area (Å²) in [5, 5.41) is 0.207. The van der Waals surface area contributed by atoms with Gasteiger partial charge in [-0.2, -0.15) is 0 Å². The first-order valence-corrected chi connectivity index (χ1v) is 10.8. The molecule has 162 valence electrons. The van der Waals surface area contributed by atoms with Gasteiger partial charge in [0.15, 0.2) is 5.43 Å². The predicted octanol–water partition coefficient (Wildman–Crippen LogP) is 4.76. The van der Waals surface area contributed by atoms with Crippen molar-refractivity contribution in [1.29, 1.82) is 0 Å². The highest BCUT2D eigenvalue weighted by Crippen LogP contribution is 2.52. The van der Waals surface area contributed by atoms with E-state index in [0.717, 1.165) is 25.0 Å². The van der Waals surface area contributed by atoms with Crippen molar-refractivity contribution in [2.24, 2.45) is 23.0 Å². The Morgan fingerprint density at radius 2 is 1.90 bits per heavy atom. The lowest BCUT2D eigenvalue weighted by Crippen LogP contribution is -2.37. The number of aromatic nitrogens is 2. The Bertz CT molecular complexity index is 1020. The number of nitrogens with two attached hydrogens (primary N) is 1. The predicted molar refractivity (Wildman–Crippen MR) is 112 cm³/mol. The molecule has 5 nitrogen and oxygen atoms in total. The SMILES string of the molecule is CC1(C)CCC(c2cc(=O)c3c(C(N)=O)nccc3[nH]2)C(C2CCC(F)(F)CC2)C1. The molecule has 0 bridgehead atoms. The molecule has 2 unspecified atom stereocenters. The molecule has 2 saturated carbocycles. The molecule has 4 rings (SSSR count). The third-order valence-corrected chi connectivity index (χ3v) is 7.20. The Labute approximate surface area is 174 Å². The molecule has 7 heteroatoms. The van der Waals surface area contributed by atoms with Crippen molar-refractivity contribution in [2.75, 3.05) is 0 Å². The van der Waals surface area contributed by atoms with Crippen LogP contribution < -0.4 is 11.2 Å². The fraction of sp³-hybridized carbons (Fsp3) is 0.609. The van der Waals surface area contributed by atoms with E-state index in [2.05, 4.69) is 23.8 Å². The van der Waals surface area contributed by atoms with Crippen molar-refractivity contribution in [3.8, 4) is 0 Å². The molecule has 2 aromatic heterocycles. The minimum absolute atomic E-state index is 0.0314. The van der Waals surface area contributed by atoms with Gasteiger partial charge in [-0.15, -0.1) is 0 Å². The van der Waals surface area contributed by atoms with E-state index >= 15 is 0 Å². The minimum atomic E-state index is -2.55. The van der Waals surface area contributed by atoms with E-state index in [1.807, 2.05) is 0 Å². The molecule has 2 aliphatic carbocycles. The number of nitrogens with zero attached hydrogens (tertiary/aromatic N) is 1. The van der Waals surface area contributed by atoms with E-state index in [0.29, 0.717) is 18.4 Å². The van der Waals surface area contributed by atoms with Crippen LogP contribution in [0.1, 0.15) is 80.9 Å². The molecular weight excluding hydrogens is 388 g/mol. The maximum Gasteiger partial charge on any atom is 0.268 e. The topological polar surface area (TPSA) is 88.8 Å². The van der Waals surface area contributed by atoms with Crippen molar-refractivity contribution in [3.63, 3.8) is 0 Å². The lowest BCUT2D eigenvalue weighted by molar-refractivity contribution is -0.0595. The summed E-state index contributed by atoms with van der Waals surface area (Å²) in [6.07, 6.45) is 5.28. The molecule has 2 aromatic rings. The fourth-order valence-electron chi connectivity index (χ4n) is 5.62. The Kier molecular flexibility index (Phi) is 5.19. The van der Waals surface area contributed by atoms with Crippen molar-refractivity contribution in [3.05, 3.63) is 39.9 Å². The number of carbonyl (C=O) groups is 1. The quantitative estimate of drug-likeness (QED) is 0.755. The highest BCUT2D eigenvalue weighted by molar-refractivity contribution is 6.03. The van der Waals surface area contributed by atoms with E-state index in [1.54, 1.807) is 12.1 Å². The number of aromatic amines is 1. The second-order valence-electron chi connectivity index (χ2n) is 9.91. The van der Waals surface area contributed by atoms with Gasteiger partial charge in [0.1, 0.15) is 5.69 Å². The molecule has 3 N–H and O–H groups in total. The van der Waals surface area contributed by atoms with Gasteiger partial charge in [-0.25, -0.2) is 8.78 Å². The zero-order valence-electron chi connectivity index (χ0n) is 17.5. The molecule has 1 amide bonds. The van der Waals surface area contributed by atoms with Crippen LogP contribution >= 0.6 is 0 Å². The number of rotatable bonds is 3. The van der Waals surface area contributed by atoms with Gasteiger partial charge in [-0.3, -0.25) is 14.6 Å². The lowest BCUT2D eigenvalue weighted by Gasteiger charge is -2.46. The van der Waals surface area contributed by atoms with Crippen LogP contribution in [0.2, 0.25) is 0 Å². The highest BCUT2D eigenvalue weighted by atomic mass is 19.3. The van der Waals surface area contributed by atoms with E-state index < -0.39 is 11.8 Å². The number of fused-ring (bicyclic) bond motifs is 1. The Morgan fingerprint density at radius 1 is 1.20 bits per heavy atom. The Hall–Kier alpha value is -2.31. The Morgan fingerprint density at radius 3 is 2.57 bits per heavy atom. The van der Waals surface area contributed by atoms with Crippen molar-refractivity contribution in [2.45, 2.75) is 70.6 Å². The van der Waals surface area contributed by atoms with E-state index in [9.17, 15) is 18.4 Å². The monoisotopic (exact) mass is 417 g/mol. The van der Waals surface area contributed by atoms with E-state index in [-0.39, 0.29) is 52.5 Å². The zero-order chi connectivity index (χ0) is 21.7. The highest BCUT2D eigenvalue weighted by Gasteiger charge is 2.44. The molecule has 0 spiro atoms. The van der Waals surface area contributed by atoms with Crippen LogP contribution in [0.4, 0.5) is 8.78 Å². The van der Waals surface area contributed by atoms with Gasteiger partial charge in [0.2, 0.25) is 5.92 Å². The van der Waals surface area contributed by atoms with Crippen LogP contribution in [0, 0.1) is 17.3 Å². The molecule has 2 fully saturated rings. The van der Waals surface area contributed by atoms with Gasteiger partial charge < -0.3 is 10.7 Å². The van der Waals surface area contributed by atoms with Crippen LogP contribution in [-0.2, 0) is 0 Å². The van der Waals surface area contributed by atoms with Gasteiger partial charge in [0, 0.05) is 36.7 Å². The molecule has 0 aromatic carbocycles. The second kappa shape index (κ2) is 7.43. The minimum Gasteiger partial charge on any atom is -0.364 e. The van der Waals surface area contributed by atoms with Crippen molar-refractivity contribution >= 4 is 16.8 Å². The summed E-state index contributed by atoms with van der Waals surface area (Å²) in [5.41, 5.74) is 6.60. The number of alkyl halides is 2. The standard InChI is InChI=1S/C23H29F2N3O2/c1-22(2)7-5-14(15(12-22)13-3-8-23(24,25)9-4-13)17-11-18(29)19-16(28-17)6-10-27-20(19)21(26)30/h6,10-11,13-15H,3-5,7-9,12H2,1-2H3,(H2,26,30)(H,28,29). The van der Waals surface area contributed by atoms with E-state index in [1.165, 1.54) is 6.20 Å². The number of amides is 1. The number of hydrogen-bond donors (Lipinski definition) is 2. The summed E-state index contributed by atoms with van der Waals surface area (Å²) in [4.78, 5) is 31.9. The van der Waals surface area contributed by atoms with Gasteiger partial charge in [-0.1, -0.05) is 13.8 Å². The summed E-state index contributed by atoms with van der Waals surface area (Å²) in [6.45, 7) is 4.48. The molecular formula is C23H29F2N3O2. The maximum absolute atomic E-state index is 13.8. The van der Waals surface area contributed by atoms with Crippen LogP contribution in [0.5, 0.6) is 0 Å². The average Bonchev–Trinajstić information content (AvgIpc) is 2.66. The largest absolute Gasteiger partial charge is 0.364 e. The summed E-state index contributed by atoms with van der Waals surface area (Å²) in [7, 11) is 0. The van der Waals surface area contributed by atoms with Crippen molar-refractivity contribution in [1.82, 2.24) is 9.97 Å².